The number of rotatable bonds is 5. The molecule has 0 saturated carbocycles. The third-order valence-corrected chi connectivity index (χ3v) is 3.14. The SMILES string of the molecule is O=C(CO)N(Cc1ccccc1[N+](=O)[O-])SS. The van der Waals surface area contributed by atoms with Gasteiger partial charge in [0.1, 0.15) is 6.61 Å². The van der Waals surface area contributed by atoms with Crippen LogP contribution >= 0.6 is 22.6 Å². The molecule has 0 aromatic heterocycles. The minimum Gasteiger partial charge on any atom is -0.386 e. The number of hydrogen-bond donors (Lipinski definition) is 2. The van der Waals surface area contributed by atoms with Crippen molar-refractivity contribution in [3.63, 3.8) is 0 Å². The number of para-hydroxylation sites is 1. The normalized spacial score (nSPS) is 10.0. The molecule has 0 unspecified atom stereocenters. The molecule has 1 rings (SSSR count). The van der Waals surface area contributed by atoms with E-state index in [9.17, 15) is 14.9 Å². The van der Waals surface area contributed by atoms with Crippen molar-refractivity contribution in [2.24, 2.45) is 0 Å². The van der Waals surface area contributed by atoms with Crippen molar-refractivity contribution in [2.45, 2.75) is 6.54 Å². The van der Waals surface area contributed by atoms with Crippen LogP contribution < -0.4 is 0 Å². The van der Waals surface area contributed by atoms with Gasteiger partial charge < -0.3 is 5.11 Å². The van der Waals surface area contributed by atoms with E-state index in [1.807, 2.05) is 0 Å². The maximum atomic E-state index is 11.3. The van der Waals surface area contributed by atoms with Gasteiger partial charge in [0, 0.05) is 17.0 Å². The molecule has 0 radical (unpaired) electrons. The lowest BCUT2D eigenvalue weighted by Gasteiger charge is -2.17. The minimum atomic E-state index is -0.659. The Morgan fingerprint density at radius 1 is 1.53 bits per heavy atom. The van der Waals surface area contributed by atoms with Gasteiger partial charge in [-0.25, -0.2) is 0 Å². The van der Waals surface area contributed by atoms with Crippen LogP contribution in [0.15, 0.2) is 24.3 Å². The second-order valence-corrected chi connectivity index (χ2v) is 4.15. The Balaban J connectivity index is 2.93. The van der Waals surface area contributed by atoms with Crippen LogP contribution in [0.25, 0.3) is 0 Å². The second-order valence-electron chi connectivity index (χ2n) is 3.06. The first kappa shape index (κ1) is 13.8. The van der Waals surface area contributed by atoms with Gasteiger partial charge in [-0.1, -0.05) is 29.9 Å². The highest BCUT2D eigenvalue weighted by molar-refractivity contribution is 8.67. The zero-order valence-corrected chi connectivity index (χ0v) is 10.4. The Bertz CT molecular complexity index is 427. The fourth-order valence-corrected chi connectivity index (χ4v) is 2.01. The first-order valence-corrected chi connectivity index (χ1v) is 6.37. The Morgan fingerprint density at radius 3 is 2.71 bits per heavy atom. The highest BCUT2D eigenvalue weighted by Gasteiger charge is 2.18. The number of benzene rings is 1. The number of thiol groups is 1. The van der Waals surface area contributed by atoms with E-state index in [-0.39, 0.29) is 12.2 Å². The number of nitro benzene ring substituents is 1. The van der Waals surface area contributed by atoms with Crippen LogP contribution in [0.1, 0.15) is 5.56 Å². The van der Waals surface area contributed by atoms with Gasteiger partial charge in [-0.05, 0) is 0 Å². The third-order valence-electron chi connectivity index (χ3n) is 2.01. The van der Waals surface area contributed by atoms with Gasteiger partial charge in [0.05, 0.1) is 17.0 Å². The molecule has 92 valence electrons. The van der Waals surface area contributed by atoms with Gasteiger partial charge in [0.2, 0.25) is 0 Å². The summed E-state index contributed by atoms with van der Waals surface area (Å²) < 4.78 is 1.14. The number of carbonyl (C=O) groups excluding carboxylic acids is 1. The Kier molecular flexibility index (Phi) is 5.26. The summed E-state index contributed by atoms with van der Waals surface area (Å²) in [7, 11) is 0.813. The summed E-state index contributed by atoms with van der Waals surface area (Å²) in [4.78, 5) is 21.5. The Labute approximate surface area is 107 Å². The zero-order chi connectivity index (χ0) is 12.8. The molecule has 1 aromatic rings. The van der Waals surface area contributed by atoms with Crippen molar-refractivity contribution in [1.82, 2.24) is 4.31 Å². The van der Waals surface area contributed by atoms with Crippen molar-refractivity contribution in [3.8, 4) is 0 Å². The molecule has 0 atom stereocenters. The average molecular weight is 274 g/mol. The lowest BCUT2D eigenvalue weighted by Crippen LogP contribution is -2.25. The number of hydrogen-bond acceptors (Lipinski definition) is 6. The number of nitrogens with zero attached hydrogens (tertiary/aromatic N) is 2. The molecule has 0 fully saturated rings. The topological polar surface area (TPSA) is 83.7 Å². The van der Waals surface area contributed by atoms with Crippen molar-refractivity contribution in [2.75, 3.05) is 6.61 Å². The van der Waals surface area contributed by atoms with Gasteiger partial charge in [0.15, 0.2) is 0 Å². The molecule has 17 heavy (non-hydrogen) atoms. The van der Waals surface area contributed by atoms with Crippen molar-refractivity contribution in [1.29, 1.82) is 0 Å². The van der Waals surface area contributed by atoms with E-state index >= 15 is 0 Å². The summed E-state index contributed by atoms with van der Waals surface area (Å²) in [6.45, 7) is -0.640. The zero-order valence-electron chi connectivity index (χ0n) is 8.65. The standard InChI is InChI=1S/C9H10N2O4S2/c12-6-9(13)10(17-16)5-7-3-1-2-4-8(7)11(14)15/h1-4,12,16H,5-6H2. The van der Waals surface area contributed by atoms with Crippen LogP contribution in [0.2, 0.25) is 0 Å². The van der Waals surface area contributed by atoms with Crippen LogP contribution in [-0.2, 0) is 11.3 Å². The van der Waals surface area contributed by atoms with E-state index < -0.39 is 17.4 Å². The average Bonchev–Trinajstić information content (AvgIpc) is 2.35. The van der Waals surface area contributed by atoms with Gasteiger partial charge in [-0.3, -0.25) is 19.2 Å². The van der Waals surface area contributed by atoms with Gasteiger partial charge >= 0.3 is 0 Å². The maximum absolute atomic E-state index is 11.3. The van der Waals surface area contributed by atoms with Gasteiger partial charge in [-0.15, -0.1) is 0 Å². The van der Waals surface area contributed by atoms with E-state index in [1.54, 1.807) is 18.2 Å². The molecule has 0 spiro atoms. The highest BCUT2D eigenvalue weighted by Crippen LogP contribution is 2.24. The molecule has 0 aliphatic rings. The number of amides is 1. The van der Waals surface area contributed by atoms with Crippen LogP contribution in [0.3, 0.4) is 0 Å². The molecule has 0 bridgehead atoms. The molecular formula is C9H10N2O4S2. The van der Waals surface area contributed by atoms with Gasteiger partial charge in [-0.2, -0.15) is 0 Å². The molecule has 0 aliphatic heterocycles. The van der Waals surface area contributed by atoms with Crippen LogP contribution in [0, 0.1) is 10.1 Å². The highest BCUT2D eigenvalue weighted by atomic mass is 33.1. The summed E-state index contributed by atoms with van der Waals surface area (Å²) in [5, 5.41) is 19.5. The Morgan fingerprint density at radius 2 is 2.18 bits per heavy atom. The van der Waals surface area contributed by atoms with Crippen molar-refractivity contribution in [3.05, 3.63) is 39.9 Å². The van der Waals surface area contributed by atoms with Crippen LogP contribution in [-0.4, -0.2) is 26.8 Å². The summed E-state index contributed by atoms with van der Waals surface area (Å²) >= 11 is 3.87. The predicted molar refractivity (Wildman–Crippen MR) is 67.3 cm³/mol. The van der Waals surface area contributed by atoms with Crippen LogP contribution in [0.4, 0.5) is 5.69 Å². The van der Waals surface area contributed by atoms with E-state index in [4.69, 9.17) is 5.11 Å². The number of aliphatic hydroxyl groups is 1. The summed E-state index contributed by atoms with van der Waals surface area (Å²) in [5.41, 5.74) is 0.325. The first-order chi connectivity index (χ1) is 8.10. The summed E-state index contributed by atoms with van der Waals surface area (Å²) in [6, 6.07) is 6.11. The quantitative estimate of drug-likeness (QED) is 0.279. The van der Waals surface area contributed by atoms with Gasteiger partial charge in [0.25, 0.3) is 11.6 Å². The lowest BCUT2D eigenvalue weighted by molar-refractivity contribution is -0.385. The number of aliphatic hydroxyl groups excluding tert-OH is 1. The Hall–Kier alpha value is -1.25. The fourth-order valence-electron chi connectivity index (χ4n) is 1.22. The monoisotopic (exact) mass is 274 g/mol. The van der Waals surface area contributed by atoms with E-state index in [1.165, 1.54) is 6.07 Å². The van der Waals surface area contributed by atoms with Crippen molar-refractivity contribution >= 4 is 34.2 Å². The molecule has 1 N–H and O–H groups in total. The van der Waals surface area contributed by atoms with E-state index in [0.29, 0.717) is 5.56 Å². The largest absolute Gasteiger partial charge is 0.386 e. The lowest BCUT2D eigenvalue weighted by atomic mass is 10.2. The predicted octanol–water partition coefficient (Wildman–Crippen LogP) is 1.41. The molecule has 0 saturated heterocycles. The van der Waals surface area contributed by atoms with E-state index in [0.717, 1.165) is 15.3 Å². The van der Waals surface area contributed by atoms with Crippen LogP contribution in [0.5, 0.6) is 0 Å². The van der Waals surface area contributed by atoms with Crippen molar-refractivity contribution < 1.29 is 14.8 Å². The molecular weight excluding hydrogens is 264 g/mol. The molecule has 8 heteroatoms. The number of carbonyl (C=O) groups is 1. The summed E-state index contributed by atoms with van der Waals surface area (Å²) in [5.74, 6) is -0.553. The molecule has 1 aromatic carbocycles. The second kappa shape index (κ2) is 6.48. The fraction of sp³-hybridized carbons (Fsp3) is 0.222. The maximum Gasteiger partial charge on any atom is 0.274 e. The van der Waals surface area contributed by atoms with E-state index in [2.05, 4.69) is 11.7 Å². The molecule has 0 heterocycles. The third kappa shape index (κ3) is 3.62. The number of nitro groups is 1. The first-order valence-electron chi connectivity index (χ1n) is 4.55. The minimum absolute atomic E-state index is 0.0186. The smallest absolute Gasteiger partial charge is 0.274 e. The summed E-state index contributed by atoms with van der Waals surface area (Å²) in [6.07, 6.45) is 0. The molecule has 6 nitrogen and oxygen atoms in total. The molecule has 0 aliphatic carbocycles. The molecule has 1 amide bonds.